The molecule has 0 aromatic heterocycles. The number of rotatable bonds is 0. The lowest BCUT2D eigenvalue weighted by molar-refractivity contribution is 0.294. The Labute approximate surface area is 97.8 Å². The SMILES string of the molecule is CC1=C2CCN(C)CC2c2ccc(C)cc21. The van der Waals surface area contributed by atoms with E-state index in [2.05, 4.69) is 44.0 Å². The maximum absolute atomic E-state index is 2.45. The van der Waals surface area contributed by atoms with Crippen molar-refractivity contribution in [1.29, 1.82) is 0 Å². The molecule has 16 heavy (non-hydrogen) atoms. The van der Waals surface area contributed by atoms with Crippen molar-refractivity contribution in [3.05, 3.63) is 40.5 Å². The molecule has 1 atom stereocenters. The lowest BCUT2D eigenvalue weighted by atomic mass is 9.90. The second-order valence-corrected chi connectivity index (χ2v) is 5.31. The third kappa shape index (κ3) is 1.35. The molecule has 1 nitrogen and oxygen atoms in total. The van der Waals surface area contributed by atoms with Crippen molar-refractivity contribution >= 4 is 5.57 Å². The zero-order valence-electron chi connectivity index (χ0n) is 10.4. The molecule has 1 heterocycles. The van der Waals surface area contributed by atoms with Crippen molar-refractivity contribution in [2.24, 2.45) is 0 Å². The summed E-state index contributed by atoms with van der Waals surface area (Å²) in [4.78, 5) is 2.45. The molecular formula is C15H19N. The van der Waals surface area contributed by atoms with Gasteiger partial charge in [0.1, 0.15) is 0 Å². The summed E-state index contributed by atoms with van der Waals surface area (Å²) in [5.41, 5.74) is 7.70. The zero-order chi connectivity index (χ0) is 11.3. The fraction of sp³-hybridized carbons (Fsp3) is 0.467. The average Bonchev–Trinajstić information content (AvgIpc) is 2.52. The van der Waals surface area contributed by atoms with E-state index in [0.717, 1.165) is 0 Å². The van der Waals surface area contributed by atoms with Crippen LogP contribution in [-0.2, 0) is 0 Å². The second kappa shape index (κ2) is 3.46. The number of hydrogen-bond donors (Lipinski definition) is 0. The standard InChI is InChI=1S/C15H19N/c1-10-4-5-13-14(8-10)11(2)12-6-7-16(3)9-15(12)13/h4-5,8,15H,6-7,9H2,1-3H3. The normalized spacial score (nSPS) is 24.6. The van der Waals surface area contributed by atoms with Gasteiger partial charge in [0, 0.05) is 19.0 Å². The largest absolute Gasteiger partial charge is 0.305 e. The van der Waals surface area contributed by atoms with Gasteiger partial charge in [-0.15, -0.1) is 0 Å². The van der Waals surface area contributed by atoms with Gasteiger partial charge >= 0.3 is 0 Å². The molecule has 0 radical (unpaired) electrons. The van der Waals surface area contributed by atoms with Crippen LogP contribution in [0, 0.1) is 6.92 Å². The van der Waals surface area contributed by atoms with Crippen molar-refractivity contribution in [3.63, 3.8) is 0 Å². The molecule has 84 valence electrons. The van der Waals surface area contributed by atoms with Crippen molar-refractivity contribution < 1.29 is 0 Å². The molecule has 1 fully saturated rings. The quantitative estimate of drug-likeness (QED) is 0.639. The van der Waals surface area contributed by atoms with Crippen molar-refractivity contribution in [1.82, 2.24) is 4.90 Å². The van der Waals surface area contributed by atoms with E-state index < -0.39 is 0 Å². The number of fused-ring (bicyclic) bond motifs is 3. The van der Waals surface area contributed by atoms with Gasteiger partial charge in [-0.1, -0.05) is 29.3 Å². The lowest BCUT2D eigenvalue weighted by Crippen LogP contribution is -2.31. The first-order valence-corrected chi connectivity index (χ1v) is 6.16. The van der Waals surface area contributed by atoms with Crippen LogP contribution in [0.2, 0.25) is 0 Å². The lowest BCUT2D eigenvalue weighted by Gasteiger charge is -2.30. The van der Waals surface area contributed by atoms with Gasteiger partial charge in [0.25, 0.3) is 0 Å². The van der Waals surface area contributed by atoms with E-state index in [-0.39, 0.29) is 0 Å². The first-order chi connectivity index (χ1) is 7.66. The molecule has 1 saturated heterocycles. The predicted octanol–water partition coefficient (Wildman–Crippen LogP) is 3.20. The summed E-state index contributed by atoms with van der Waals surface area (Å²) in [6.07, 6.45) is 1.25. The molecule has 1 aromatic rings. The molecule has 1 unspecified atom stereocenters. The summed E-state index contributed by atoms with van der Waals surface area (Å²) in [5.74, 6) is 0.675. The van der Waals surface area contributed by atoms with Crippen LogP contribution in [0.3, 0.4) is 0 Å². The Morgan fingerprint density at radius 3 is 2.88 bits per heavy atom. The van der Waals surface area contributed by atoms with Gasteiger partial charge in [-0.25, -0.2) is 0 Å². The van der Waals surface area contributed by atoms with E-state index in [4.69, 9.17) is 0 Å². The van der Waals surface area contributed by atoms with E-state index in [1.165, 1.54) is 30.6 Å². The first kappa shape index (κ1) is 10.1. The monoisotopic (exact) mass is 213 g/mol. The van der Waals surface area contributed by atoms with Crippen LogP contribution in [0.1, 0.15) is 36.0 Å². The number of nitrogens with zero attached hydrogens (tertiary/aromatic N) is 1. The Kier molecular flexibility index (Phi) is 2.18. The minimum atomic E-state index is 0.675. The van der Waals surface area contributed by atoms with Crippen LogP contribution < -0.4 is 0 Å². The highest BCUT2D eigenvalue weighted by atomic mass is 15.1. The minimum absolute atomic E-state index is 0.675. The molecule has 0 bridgehead atoms. The van der Waals surface area contributed by atoms with E-state index >= 15 is 0 Å². The summed E-state index contributed by atoms with van der Waals surface area (Å²) in [7, 11) is 2.23. The molecule has 2 aliphatic rings. The van der Waals surface area contributed by atoms with E-state index in [9.17, 15) is 0 Å². The molecule has 1 aliphatic carbocycles. The van der Waals surface area contributed by atoms with Crippen LogP contribution >= 0.6 is 0 Å². The number of benzene rings is 1. The number of hydrogen-bond acceptors (Lipinski definition) is 1. The summed E-state index contributed by atoms with van der Waals surface area (Å²) in [6, 6.07) is 6.95. The summed E-state index contributed by atoms with van der Waals surface area (Å²) < 4.78 is 0. The molecule has 1 aliphatic heterocycles. The highest BCUT2D eigenvalue weighted by Crippen LogP contribution is 2.45. The zero-order valence-corrected chi connectivity index (χ0v) is 10.4. The fourth-order valence-electron chi connectivity index (χ4n) is 3.21. The Morgan fingerprint density at radius 1 is 1.25 bits per heavy atom. The van der Waals surface area contributed by atoms with E-state index in [0.29, 0.717) is 5.92 Å². The number of aryl methyl sites for hydroxylation is 1. The van der Waals surface area contributed by atoms with Gasteiger partial charge in [-0.05, 0) is 44.0 Å². The topological polar surface area (TPSA) is 3.24 Å². The Morgan fingerprint density at radius 2 is 2.06 bits per heavy atom. The molecular weight excluding hydrogens is 194 g/mol. The van der Waals surface area contributed by atoms with E-state index in [1.807, 2.05) is 0 Å². The van der Waals surface area contributed by atoms with Crippen molar-refractivity contribution in [2.45, 2.75) is 26.2 Å². The van der Waals surface area contributed by atoms with Crippen LogP contribution in [0.4, 0.5) is 0 Å². The van der Waals surface area contributed by atoms with Gasteiger partial charge in [0.2, 0.25) is 0 Å². The first-order valence-electron chi connectivity index (χ1n) is 6.16. The second-order valence-electron chi connectivity index (χ2n) is 5.31. The average molecular weight is 213 g/mol. The number of allylic oxidation sites excluding steroid dienone is 1. The van der Waals surface area contributed by atoms with Crippen molar-refractivity contribution in [2.75, 3.05) is 20.1 Å². The third-order valence-electron chi connectivity index (χ3n) is 4.15. The summed E-state index contributed by atoms with van der Waals surface area (Å²) in [6.45, 7) is 6.91. The van der Waals surface area contributed by atoms with Crippen LogP contribution in [0.25, 0.3) is 5.57 Å². The minimum Gasteiger partial charge on any atom is -0.305 e. The number of piperidine rings is 1. The Balaban J connectivity index is 2.12. The van der Waals surface area contributed by atoms with Gasteiger partial charge in [-0.3, -0.25) is 0 Å². The maximum Gasteiger partial charge on any atom is 0.0188 e. The summed E-state index contributed by atoms with van der Waals surface area (Å²) in [5, 5.41) is 0. The smallest absolute Gasteiger partial charge is 0.0188 e. The van der Waals surface area contributed by atoms with Gasteiger partial charge < -0.3 is 4.90 Å². The summed E-state index contributed by atoms with van der Waals surface area (Å²) >= 11 is 0. The van der Waals surface area contributed by atoms with Gasteiger partial charge in [0.05, 0.1) is 0 Å². The highest BCUT2D eigenvalue weighted by molar-refractivity contribution is 5.77. The Hall–Kier alpha value is -1.08. The fourth-order valence-corrected chi connectivity index (χ4v) is 3.21. The van der Waals surface area contributed by atoms with Crippen molar-refractivity contribution in [3.8, 4) is 0 Å². The molecule has 0 N–H and O–H groups in total. The van der Waals surface area contributed by atoms with E-state index in [1.54, 1.807) is 16.7 Å². The molecule has 0 amide bonds. The number of likely N-dealkylation sites (tertiary alicyclic amines) is 1. The third-order valence-corrected chi connectivity index (χ3v) is 4.15. The highest BCUT2D eigenvalue weighted by Gasteiger charge is 2.32. The molecule has 1 heteroatoms. The predicted molar refractivity (Wildman–Crippen MR) is 68.6 cm³/mol. The molecule has 3 rings (SSSR count). The molecule has 0 spiro atoms. The molecule has 0 saturated carbocycles. The van der Waals surface area contributed by atoms with Gasteiger partial charge in [-0.2, -0.15) is 0 Å². The van der Waals surface area contributed by atoms with Crippen LogP contribution in [-0.4, -0.2) is 25.0 Å². The van der Waals surface area contributed by atoms with Crippen LogP contribution in [0.15, 0.2) is 23.8 Å². The van der Waals surface area contributed by atoms with Crippen LogP contribution in [0.5, 0.6) is 0 Å². The Bertz CT molecular complexity index is 470. The van der Waals surface area contributed by atoms with Gasteiger partial charge in [0.15, 0.2) is 0 Å². The molecule has 1 aromatic carbocycles. The maximum atomic E-state index is 2.45. The number of likely N-dealkylation sites (N-methyl/N-ethyl adjacent to an activating group) is 1.